The number of rotatable bonds is 8. The molecule has 2 aromatic rings. The van der Waals surface area contributed by atoms with Gasteiger partial charge < -0.3 is 14.8 Å². The Morgan fingerprint density at radius 3 is 2.50 bits per heavy atom. The Morgan fingerprint density at radius 1 is 1.15 bits per heavy atom. The second kappa shape index (κ2) is 9.36. The van der Waals surface area contributed by atoms with Gasteiger partial charge in [0.2, 0.25) is 0 Å². The molecule has 0 fully saturated rings. The van der Waals surface area contributed by atoms with Gasteiger partial charge in [-0.3, -0.25) is 4.79 Å². The molecule has 0 aliphatic carbocycles. The summed E-state index contributed by atoms with van der Waals surface area (Å²) in [5, 5.41) is 6.87. The highest BCUT2D eigenvalue weighted by Crippen LogP contribution is 2.20. The van der Waals surface area contributed by atoms with Crippen molar-refractivity contribution in [3.05, 3.63) is 54.1 Å². The number of halogens is 2. The van der Waals surface area contributed by atoms with Crippen LogP contribution in [0.2, 0.25) is 0 Å². The predicted molar refractivity (Wildman–Crippen MR) is 94.9 cm³/mol. The summed E-state index contributed by atoms with van der Waals surface area (Å²) in [5.41, 5.74) is 3.84. The monoisotopic (exact) mass is 363 g/mol. The lowest BCUT2D eigenvalue weighted by atomic mass is 10.1. The number of nitrogens with zero attached hydrogens (tertiary/aromatic N) is 1. The molecule has 0 radical (unpaired) electrons. The van der Waals surface area contributed by atoms with Gasteiger partial charge in [0.05, 0.1) is 19.4 Å². The third-order valence-electron chi connectivity index (χ3n) is 3.38. The van der Waals surface area contributed by atoms with Crippen LogP contribution in [-0.4, -0.2) is 31.9 Å². The van der Waals surface area contributed by atoms with Gasteiger partial charge in [0.15, 0.2) is 0 Å². The lowest BCUT2D eigenvalue weighted by molar-refractivity contribution is -0.119. The van der Waals surface area contributed by atoms with Gasteiger partial charge in [-0.25, -0.2) is 5.43 Å². The molecule has 6 nitrogen and oxygen atoms in total. The van der Waals surface area contributed by atoms with Crippen molar-refractivity contribution >= 4 is 17.3 Å². The van der Waals surface area contributed by atoms with Crippen molar-refractivity contribution in [3.8, 4) is 11.5 Å². The lowest BCUT2D eigenvalue weighted by Gasteiger charge is -2.10. The van der Waals surface area contributed by atoms with Crippen LogP contribution in [0.15, 0.2) is 53.6 Å². The molecular weight excluding hydrogens is 344 g/mol. The van der Waals surface area contributed by atoms with Crippen LogP contribution in [0.25, 0.3) is 0 Å². The number of carbonyl (C=O) groups is 1. The van der Waals surface area contributed by atoms with Crippen LogP contribution in [0.4, 0.5) is 14.5 Å². The molecule has 2 N–H and O–H groups in total. The molecule has 0 spiro atoms. The van der Waals surface area contributed by atoms with E-state index in [1.165, 1.54) is 6.07 Å². The van der Waals surface area contributed by atoms with E-state index in [1.54, 1.807) is 56.5 Å². The molecule has 8 heteroatoms. The van der Waals surface area contributed by atoms with Crippen molar-refractivity contribution in [2.45, 2.75) is 13.5 Å². The quantitative estimate of drug-likeness (QED) is 0.558. The van der Waals surface area contributed by atoms with Gasteiger partial charge in [0.25, 0.3) is 5.91 Å². The third kappa shape index (κ3) is 5.73. The molecule has 0 aromatic heterocycles. The summed E-state index contributed by atoms with van der Waals surface area (Å²) in [4.78, 5) is 11.9. The topological polar surface area (TPSA) is 72.0 Å². The fraction of sp³-hybridized carbons (Fsp3) is 0.222. The maximum atomic E-state index is 12.4. The fourth-order valence-electron chi connectivity index (χ4n) is 2.10. The minimum Gasteiger partial charge on any atom is -0.497 e. The molecule has 2 rings (SSSR count). The average molecular weight is 363 g/mol. The number of methoxy groups -OCH3 is 1. The Labute approximate surface area is 149 Å². The van der Waals surface area contributed by atoms with Crippen molar-refractivity contribution in [2.24, 2.45) is 5.10 Å². The molecule has 0 unspecified atom stereocenters. The number of amides is 1. The van der Waals surface area contributed by atoms with Gasteiger partial charge in [0.1, 0.15) is 11.5 Å². The summed E-state index contributed by atoms with van der Waals surface area (Å²) in [6, 6.07) is 13.3. The molecule has 26 heavy (non-hydrogen) atoms. The van der Waals surface area contributed by atoms with Crippen LogP contribution in [0.5, 0.6) is 11.5 Å². The minimum atomic E-state index is -2.94. The first-order valence-corrected chi connectivity index (χ1v) is 7.75. The molecular formula is C18H19F2N3O3. The number of hydrogen-bond donors (Lipinski definition) is 2. The molecule has 0 heterocycles. The standard InChI is InChI=1S/C18H19F2N3O3/c1-12(15-5-3-4-6-16(15)26-18(19)20)22-23-17(24)11-21-13-7-9-14(25-2)10-8-13/h3-10,18,21H,11H2,1-2H3,(H,23,24)/b22-12-. The zero-order valence-corrected chi connectivity index (χ0v) is 14.3. The first kappa shape index (κ1) is 19.2. The Morgan fingerprint density at radius 2 is 1.85 bits per heavy atom. The Balaban J connectivity index is 1.92. The molecule has 0 atom stereocenters. The molecule has 138 valence electrons. The zero-order chi connectivity index (χ0) is 18.9. The summed E-state index contributed by atoms with van der Waals surface area (Å²) in [5.74, 6) is 0.326. The highest BCUT2D eigenvalue weighted by molar-refractivity contribution is 6.01. The van der Waals surface area contributed by atoms with E-state index in [0.717, 1.165) is 5.69 Å². The SMILES string of the molecule is COc1ccc(NCC(=O)N/N=C(/C)c2ccccc2OC(F)F)cc1. The first-order chi connectivity index (χ1) is 12.5. The van der Waals surface area contributed by atoms with Gasteiger partial charge in [-0.15, -0.1) is 0 Å². The number of carbonyl (C=O) groups excluding carboxylic acids is 1. The van der Waals surface area contributed by atoms with E-state index in [4.69, 9.17) is 4.74 Å². The molecule has 0 aliphatic rings. The first-order valence-electron chi connectivity index (χ1n) is 7.75. The molecule has 2 aromatic carbocycles. The molecule has 1 amide bonds. The van der Waals surface area contributed by atoms with E-state index < -0.39 is 6.61 Å². The number of hydrazone groups is 1. The minimum absolute atomic E-state index is 0.00170. The number of nitrogens with one attached hydrogen (secondary N) is 2. The largest absolute Gasteiger partial charge is 0.497 e. The summed E-state index contributed by atoms with van der Waals surface area (Å²) in [7, 11) is 1.57. The number of alkyl halides is 2. The summed E-state index contributed by atoms with van der Waals surface area (Å²) >= 11 is 0. The molecule has 0 saturated heterocycles. The zero-order valence-electron chi connectivity index (χ0n) is 14.3. The molecule has 0 bridgehead atoms. The van der Waals surface area contributed by atoms with Crippen molar-refractivity contribution in [1.82, 2.24) is 5.43 Å². The normalized spacial score (nSPS) is 11.2. The van der Waals surface area contributed by atoms with Crippen LogP contribution in [0.3, 0.4) is 0 Å². The number of anilines is 1. The Kier molecular flexibility index (Phi) is 6.90. The highest BCUT2D eigenvalue weighted by Gasteiger charge is 2.11. The van der Waals surface area contributed by atoms with Gasteiger partial charge in [0, 0.05) is 11.3 Å². The second-order valence-corrected chi connectivity index (χ2v) is 5.19. The summed E-state index contributed by atoms with van der Waals surface area (Å²) in [6.07, 6.45) is 0. The molecule has 0 saturated carbocycles. The number of para-hydroxylation sites is 1. The maximum Gasteiger partial charge on any atom is 0.387 e. The van der Waals surface area contributed by atoms with Crippen molar-refractivity contribution < 1.29 is 23.0 Å². The van der Waals surface area contributed by atoms with E-state index in [2.05, 4.69) is 20.6 Å². The lowest BCUT2D eigenvalue weighted by Crippen LogP contribution is -2.26. The van der Waals surface area contributed by atoms with E-state index in [9.17, 15) is 13.6 Å². The van der Waals surface area contributed by atoms with Crippen LogP contribution < -0.4 is 20.2 Å². The van der Waals surface area contributed by atoms with Gasteiger partial charge >= 0.3 is 6.61 Å². The van der Waals surface area contributed by atoms with Crippen molar-refractivity contribution in [1.29, 1.82) is 0 Å². The Hall–Kier alpha value is -3.16. The van der Waals surface area contributed by atoms with Gasteiger partial charge in [-0.1, -0.05) is 12.1 Å². The predicted octanol–water partition coefficient (Wildman–Crippen LogP) is 3.25. The smallest absolute Gasteiger partial charge is 0.387 e. The van der Waals surface area contributed by atoms with E-state index in [-0.39, 0.29) is 18.2 Å². The molecule has 0 aliphatic heterocycles. The highest BCUT2D eigenvalue weighted by atomic mass is 19.3. The fourth-order valence-corrected chi connectivity index (χ4v) is 2.10. The summed E-state index contributed by atoms with van der Waals surface area (Å²) in [6.45, 7) is -1.35. The van der Waals surface area contributed by atoms with Crippen molar-refractivity contribution in [2.75, 3.05) is 19.0 Å². The van der Waals surface area contributed by atoms with E-state index in [1.807, 2.05) is 0 Å². The third-order valence-corrected chi connectivity index (χ3v) is 3.38. The van der Waals surface area contributed by atoms with E-state index >= 15 is 0 Å². The number of benzene rings is 2. The van der Waals surface area contributed by atoms with Crippen molar-refractivity contribution in [3.63, 3.8) is 0 Å². The van der Waals surface area contributed by atoms with Crippen LogP contribution in [0.1, 0.15) is 12.5 Å². The Bertz CT molecular complexity index is 765. The van der Waals surface area contributed by atoms with Gasteiger partial charge in [-0.2, -0.15) is 13.9 Å². The van der Waals surface area contributed by atoms with Crippen LogP contribution in [0, 0.1) is 0 Å². The van der Waals surface area contributed by atoms with E-state index in [0.29, 0.717) is 17.0 Å². The number of hydrogen-bond acceptors (Lipinski definition) is 5. The summed E-state index contributed by atoms with van der Waals surface area (Å²) < 4.78 is 34.4. The second-order valence-electron chi connectivity index (χ2n) is 5.19. The maximum absolute atomic E-state index is 12.4. The van der Waals surface area contributed by atoms with Gasteiger partial charge in [-0.05, 0) is 43.3 Å². The number of ether oxygens (including phenoxy) is 2. The average Bonchev–Trinajstić information content (AvgIpc) is 2.64. The van der Waals surface area contributed by atoms with Crippen LogP contribution >= 0.6 is 0 Å². The van der Waals surface area contributed by atoms with Crippen LogP contribution in [-0.2, 0) is 4.79 Å².